The van der Waals surface area contributed by atoms with Gasteiger partial charge in [0.2, 0.25) is 6.10 Å². The fourth-order valence-electron chi connectivity index (χ4n) is 3.62. The van der Waals surface area contributed by atoms with Crippen molar-refractivity contribution in [3.63, 3.8) is 0 Å². The van der Waals surface area contributed by atoms with Crippen LogP contribution in [0.4, 0.5) is 13.2 Å². The van der Waals surface area contributed by atoms with Crippen molar-refractivity contribution >= 4 is 28.0 Å². The Labute approximate surface area is 185 Å². The zero-order chi connectivity index (χ0) is 25.0. The minimum Gasteiger partial charge on any atom is -0.475 e. The maximum atomic E-state index is 13.8. The zero-order valence-corrected chi connectivity index (χ0v) is 16.8. The molecule has 0 radical (unpaired) electrons. The molecule has 0 spiro atoms. The number of ether oxygens (including phenoxy) is 4. The number of alkyl halides is 3. The van der Waals surface area contributed by atoms with E-state index in [1.54, 1.807) is 0 Å². The molecule has 0 aromatic heterocycles. The van der Waals surface area contributed by atoms with E-state index in [-0.39, 0.29) is 23.2 Å². The van der Waals surface area contributed by atoms with Gasteiger partial charge in [0.15, 0.2) is 12.2 Å². The summed E-state index contributed by atoms with van der Waals surface area (Å²) in [5, 5.41) is 9.54. The molecule has 1 aromatic rings. The van der Waals surface area contributed by atoms with E-state index in [1.807, 2.05) is 0 Å². The van der Waals surface area contributed by atoms with E-state index in [4.69, 9.17) is 23.1 Å². The van der Waals surface area contributed by atoms with E-state index in [9.17, 15) is 28.1 Å². The third kappa shape index (κ3) is 4.21. The average Bonchev–Trinajstić information content (AvgIpc) is 3.28. The summed E-state index contributed by atoms with van der Waals surface area (Å²) in [6.45, 7) is -3.30. The van der Waals surface area contributed by atoms with Gasteiger partial charge in [0.1, 0.15) is 18.0 Å². The number of carbonyl (C=O) groups is 1. The normalized spacial score (nSPS) is 31.3. The molecule has 0 unspecified atom stereocenters. The second-order valence-electron chi connectivity index (χ2n) is 6.92. The molecule has 4 rings (SSSR count). The minimum atomic E-state index is -5.08. The Hall–Kier alpha value is -2.38. The van der Waals surface area contributed by atoms with E-state index < -0.39 is 71.5 Å². The van der Waals surface area contributed by atoms with Gasteiger partial charge in [-0.15, -0.1) is 10.1 Å². The molecular formula is C18H15BrF3NO8. The van der Waals surface area contributed by atoms with Gasteiger partial charge in [0.25, 0.3) is 5.09 Å². The van der Waals surface area contributed by atoms with Crippen LogP contribution in [0.3, 0.4) is 0 Å². The van der Waals surface area contributed by atoms with E-state index in [2.05, 4.69) is 20.8 Å². The highest BCUT2D eigenvalue weighted by atomic mass is 79.9. The Morgan fingerprint density at radius 3 is 2.61 bits per heavy atom. The number of hydrogen-bond acceptors (Lipinski definition) is 8. The lowest BCUT2D eigenvalue weighted by molar-refractivity contribution is -0.769. The largest absolute Gasteiger partial charge is 0.475 e. The van der Waals surface area contributed by atoms with Gasteiger partial charge in [0.05, 0.1) is 18.8 Å². The van der Waals surface area contributed by atoms with Crippen LogP contribution in [0.1, 0.15) is 15.2 Å². The van der Waals surface area contributed by atoms with E-state index in [0.29, 0.717) is 0 Å². The Morgan fingerprint density at radius 1 is 1.29 bits per heavy atom. The molecule has 13 heteroatoms. The minimum absolute atomic E-state index is 0.0648. The monoisotopic (exact) mass is 512 g/mol. The summed E-state index contributed by atoms with van der Waals surface area (Å²) >= 11 is 3.10. The quantitative estimate of drug-likeness (QED) is 0.344. The lowest BCUT2D eigenvalue weighted by Crippen LogP contribution is -2.43. The molecule has 9 nitrogen and oxygen atoms in total. The summed E-state index contributed by atoms with van der Waals surface area (Å²) in [4.78, 5) is 27.8. The second kappa shape index (κ2) is 7.95. The number of carbonyl (C=O) groups excluding carboxylic acids is 1. The number of fused-ring (bicyclic) bond motifs is 2. The van der Waals surface area contributed by atoms with Gasteiger partial charge in [-0.25, -0.2) is 4.79 Å². The maximum absolute atomic E-state index is 13.8. The second-order valence-corrected chi connectivity index (χ2v) is 7.83. The molecular weight excluding hydrogens is 495 g/mol. The number of benzene rings is 1. The van der Waals surface area contributed by atoms with Crippen LogP contribution >= 0.6 is 15.9 Å². The van der Waals surface area contributed by atoms with Crippen LogP contribution in [-0.2, 0) is 23.8 Å². The van der Waals surface area contributed by atoms with Crippen LogP contribution in [0.5, 0.6) is 5.75 Å². The third-order valence-electron chi connectivity index (χ3n) is 4.89. The molecule has 3 aliphatic rings. The standard InChI is InChI=1S/C18H15BrF3NO8/c1-7-2-9(19)3-8-4-10(16(18(20,21)22)30-13(7)8)17(24)29-11-5-27-15-12(31-23(25)26)6-28-14(11)15/h2-4,11-12,14-16H,5-6H2,1H3/t11-,12+,14+,15+,16-/m0/s1/i1D3. The first-order valence-corrected chi connectivity index (χ1v) is 9.59. The van der Waals surface area contributed by atoms with Crippen molar-refractivity contribution < 1.29 is 50.9 Å². The fourth-order valence-corrected chi connectivity index (χ4v) is 4.10. The maximum Gasteiger partial charge on any atom is 0.430 e. The van der Waals surface area contributed by atoms with Crippen molar-refractivity contribution in [2.75, 3.05) is 13.2 Å². The Kier molecular flexibility index (Phi) is 4.67. The molecule has 3 heterocycles. The lowest BCUT2D eigenvalue weighted by atomic mass is 9.99. The molecule has 0 bridgehead atoms. The fraction of sp³-hybridized carbons (Fsp3) is 0.500. The Bertz CT molecular complexity index is 1050. The number of hydrogen-bond donors (Lipinski definition) is 0. The van der Waals surface area contributed by atoms with Gasteiger partial charge >= 0.3 is 12.1 Å². The van der Waals surface area contributed by atoms with Crippen molar-refractivity contribution in [1.82, 2.24) is 0 Å². The van der Waals surface area contributed by atoms with Crippen molar-refractivity contribution in [2.45, 2.75) is 43.5 Å². The molecule has 3 aliphatic heterocycles. The smallest absolute Gasteiger partial charge is 0.430 e. The summed E-state index contributed by atoms with van der Waals surface area (Å²) in [5.74, 6) is -1.91. The lowest BCUT2D eigenvalue weighted by Gasteiger charge is -2.29. The number of aryl methyl sites for hydroxylation is 1. The van der Waals surface area contributed by atoms with Crippen molar-refractivity contribution in [2.24, 2.45) is 0 Å². The van der Waals surface area contributed by atoms with Crippen molar-refractivity contribution in [1.29, 1.82) is 0 Å². The first kappa shape index (κ1) is 18.2. The summed E-state index contributed by atoms with van der Waals surface area (Å²) in [5.41, 5.74) is -1.43. The van der Waals surface area contributed by atoms with E-state index in [0.717, 1.165) is 12.1 Å². The van der Waals surface area contributed by atoms with Crippen molar-refractivity contribution in [3.05, 3.63) is 43.4 Å². The van der Waals surface area contributed by atoms with Gasteiger partial charge in [-0.1, -0.05) is 15.9 Å². The van der Waals surface area contributed by atoms with Crippen LogP contribution in [0.15, 0.2) is 22.2 Å². The molecule has 0 aliphatic carbocycles. The highest BCUT2D eigenvalue weighted by Crippen LogP contribution is 2.41. The number of halogens is 4. The number of nitrogens with zero attached hydrogens (tertiary/aromatic N) is 1. The third-order valence-corrected chi connectivity index (χ3v) is 5.34. The van der Waals surface area contributed by atoms with E-state index >= 15 is 0 Å². The summed E-state index contributed by atoms with van der Waals surface area (Å²) < 4.78 is 85.4. The molecule has 1 aromatic carbocycles. The zero-order valence-electron chi connectivity index (χ0n) is 18.3. The molecule has 168 valence electrons. The predicted octanol–water partition coefficient (Wildman–Crippen LogP) is 2.75. The number of esters is 1. The van der Waals surface area contributed by atoms with E-state index in [1.165, 1.54) is 6.07 Å². The topological polar surface area (TPSA) is 106 Å². The SMILES string of the molecule is [2H]C([2H])([2H])c1cc(Br)cc2c1O[C@H](C(F)(F)F)C(C(=O)O[C@H]1CO[C@H]3[C@@H]1OC[C@H]3O[N+](=O)[O-])=C2. The summed E-state index contributed by atoms with van der Waals surface area (Å²) in [7, 11) is 0. The van der Waals surface area contributed by atoms with Crippen LogP contribution in [0, 0.1) is 17.0 Å². The highest BCUT2D eigenvalue weighted by Gasteiger charge is 2.53. The van der Waals surface area contributed by atoms with Gasteiger partial charge in [-0.2, -0.15) is 13.2 Å². The summed E-state index contributed by atoms with van der Waals surface area (Å²) in [6, 6.07) is 2.42. The van der Waals surface area contributed by atoms with Crippen molar-refractivity contribution in [3.8, 4) is 5.75 Å². The first-order chi connectivity index (χ1) is 15.8. The Morgan fingerprint density at radius 2 is 1.97 bits per heavy atom. The van der Waals surface area contributed by atoms with Crippen LogP contribution in [-0.4, -0.2) is 61.0 Å². The van der Waals surface area contributed by atoms with Gasteiger partial charge in [0, 0.05) is 14.1 Å². The van der Waals surface area contributed by atoms with Gasteiger partial charge in [-0.3, -0.25) is 0 Å². The summed E-state index contributed by atoms with van der Waals surface area (Å²) in [6.07, 6.45) is -11.2. The molecule has 5 atom stereocenters. The molecule has 2 fully saturated rings. The highest BCUT2D eigenvalue weighted by molar-refractivity contribution is 9.10. The molecule has 0 saturated carbocycles. The van der Waals surface area contributed by atoms with Crippen LogP contribution in [0.25, 0.3) is 6.08 Å². The van der Waals surface area contributed by atoms with Crippen LogP contribution < -0.4 is 4.74 Å². The molecule has 0 amide bonds. The van der Waals surface area contributed by atoms with Crippen LogP contribution in [0.2, 0.25) is 0 Å². The first-order valence-electron chi connectivity index (χ1n) is 10.3. The van der Waals surface area contributed by atoms with Gasteiger partial charge in [-0.05, 0) is 30.6 Å². The number of rotatable bonds is 4. The molecule has 0 N–H and O–H groups in total. The Balaban J connectivity index is 1.62. The average molecular weight is 513 g/mol. The molecule has 31 heavy (non-hydrogen) atoms. The predicted molar refractivity (Wildman–Crippen MR) is 98.6 cm³/mol. The van der Waals surface area contributed by atoms with Gasteiger partial charge < -0.3 is 23.8 Å². The molecule has 2 saturated heterocycles.